The van der Waals surface area contributed by atoms with Crippen LogP contribution in [0.15, 0.2) is 170 Å². The first-order valence-electron chi connectivity index (χ1n) is 18.9. The predicted molar refractivity (Wildman–Crippen MR) is 235 cm³/mol. The number of benzene rings is 7. The van der Waals surface area contributed by atoms with Gasteiger partial charge >= 0.3 is 0 Å². The largest absolute Gasteiger partial charge is 0.311 e. The van der Waals surface area contributed by atoms with Gasteiger partial charge in [-0.3, -0.25) is 0 Å². The van der Waals surface area contributed by atoms with Crippen LogP contribution in [-0.2, 0) is 10.8 Å². The molecule has 0 unspecified atom stereocenters. The molecular weight excluding hydrogens is 689 g/mol. The molecule has 1 heterocycles. The van der Waals surface area contributed by atoms with E-state index in [1.807, 2.05) is 0 Å². The molecule has 5 heteroatoms. The number of fused-ring (bicyclic) bond motifs is 1. The van der Waals surface area contributed by atoms with Crippen molar-refractivity contribution in [3.05, 3.63) is 181 Å². The summed E-state index contributed by atoms with van der Waals surface area (Å²) < 4.78 is 4.81. The molecule has 0 aliphatic carbocycles. The molecule has 0 aliphatic heterocycles. The molecule has 0 atom stereocenters. The summed E-state index contributed by atoms with van der Waals surface area (Å²) in [4.78, 5) is 9.63. The Morgan fingerprint density at radius 2 is 0.818 bits per heavy atom. The van der Waals surface area contributed by atoms with Gasteiger partial charge in [-0.15, -0.1) is 0 Å². The minimum absolute atomic E-state index is 0.0845. The number of para-hydroxylation sites is 1. The second-order valence-electron chi connectivity index (χ2n) is 16.1. The first-order valence-corrected chi connectivity index (χ1v) is 19.7. The summed E-state index contributed by atoms with van der Waals surface area (Å²) in [5.41, 5.74) is 11.4. The zero-order chi connectivity index (χ0) is 38.2. The molecule has 272 valence electrons. The van der Waals surface area contributed by atoms with E-state index in [1.165, 1.54) is 33.4 Å². The van der Waals surface area contributed by atoms with Crippen LogP contribution in [-0.4, -0.2) is 9.36 Å². The lowest BCUT2D eigenvalue weighted by atomic mass is 9.86. The third kappa shape index (κ3) is 7.67. The number of rotatable bonds is 8. The smallest absolute Gasteiger partial charge is 0.173 e. The Morgan fingerprint density at radius 3 is 1.35 bits per heavy atom. The average molecular weight is 735 g/mol. The molecule has 0 saturated heterocycles. The number of aromatic nitrogens is 2. The molecule has 8 rings (SSSR count). The lowest BCUT2D eigenvalue weighted by Gasteiger charge is -2.28. The van der Waals surface area contributed by atoms with Gasteiger partial charge in [-0.2, -0.15) is 4.37 Å². The van der Waals surface area contributed by atoms with Gasteiger partial charge in [0.15, 0.2) is 5.82 Å². The van der Waals surface area contributed by atoms with E-state index >= 15 is 0 Å². The van der Waals surface area contributed by atoms with Gasteiger partial charge in [0.05, 0.1) is 0 Å². The maximum Gasteiger partial charge on any atom is 0.173 e. The third-order valence-electron chi connectivity index (χ3n) is 10.2. The second kappa shape index (κ2) is 14.7. The molecule has 0 bridgehead atoms. The molecule has 0 saturated carbocycles. The van der Waals surface area contributed by atoms with E-state index < -0.39 is 0 Å². The van der Waals surface area contributed by atoms with Gasteiger partial charge in [0, 0.05) is 45.3 Å². The highest BCUT2D eigenvalue weighted by molar-refractivity contribution is 7.09. The predicted octanol–water partition coefficient (Wildman–Crippen LogP) is 14.6. The highest BCUT2D eigenvalue weighted by Gasteiger charge is 2.20. The van der Waals surface area contributed by atoms with Crippen LogP contribution in [0.5, 0.6) is 0 Å². The summed E-state index contributed by atoms with van der Waals surface area (Å²) in [7, 11) is 0. The van der Waals surface area contributed by atoms with Gasteiger partial charge in [0.25, 0.3) is 0 Å². The first-order chi connectivity index (χ1) is 26.5. The zero-order valence-corrected chi connectivity index (χ0v) is 33.2. The molecule has 4 nitrogen and oxygen atoms in total. The number of hydrogen-bond acceptors (Lipinski definition) is 5. The topological polar surface area (TPSA) is 32.3 Å². The average Bonchev–Trinajstić information content (AvgIpc) is 3.69. The molecular formula is C50H46N4S. The molecule has 0 radical (unpaired) electrons. The number of nitrogens with zero attached hydrogens (tertiary/aromatic N) is 4. The minimum Gasteiger partial charge on any atom is -0.311 e. The second-order valence-corrected chi connectivity index (χ2v) is 16.9. The number of anilines is 6. The summed E-state index contributed by atoms with van der Waals surface area (Å²) in [6, 6.07) is 60.8. The van der Waals surface area contributed by atoms with Crippen molar-refractivity contribution in [2.75, 3.05) is 9.80 Å². The Balaban J connectivity index is 1.07. The van der Waals surface area contributed by atoms with E-state index in [-0.39, 0.29) is 10.8 Å². The Labute approximate surface area is 329 Å². The quantitative estimate of drug-likeness (QED) is 0.156. The molecule has 0 amide bonds. The zero-order valence-electron chi connectivity index (χ0n) is 32.4. The van der Waals surface area contributed by atoms with Crippen LogP contribution in [0, 0.1) is 0 Å². The first kappa shape index (κ1) is 36.0. The molecule has 8 aromatic rings. The summed E-state index contributed by atoms with van der Waals surface area (Å²) in [6.45, 7) is 13.5. The van der Waals surface area contributed by atoms with Crippen molar-refractivity contribution >= 4 is 56.4 Å². The maximum atomic E-state index is 5.01. The van der Waals surface area contributed by atoms with E-state index in [2.05, 4.69) is 221 Å². The van der Waals surface area contributed by atoms with Crippen molar-refractivity contribution in [2.24, 2.45) is 0 Å². The highest BCUT2D eigenvalue weighted by Crippen LogP contribution is 2.40. The van der Waals surface area contributed by atoms with Crippen molar-refractivity contribution in [2.45, 2.75) is 52.4 Å². The highest BCUT2D eigenvalue weighted by atomic mass is 32.1. The summed E-state index contributed by atoms with van der Waals surface area (Å²) in [6.07, 6.45) is 0. The maximum absolute atomic E-state index is 5.01. The normalized spacial score (nSPS) is 11.8. The van der Waals surface area contributed by atoms with Crippen LogP contribution < -0.4 is 9.80 Å². The van der Waals surface area contributed by atoms with E-state index in [0.717, 1.165) is 56.1 Å². The Hall–Kier alpha value is -6.04. The van der Waals surface area contributed by atoms with Crippen LogP contribution in [0.4, 0.5) is 34.1 Å². The molecule has 0 fully saturated rings. The van der Waals surface area contributed by atoms with Crippen molar-refractivity contribution in [1.82, 2.24) is 9.36 Å². The van der Waals surface area contributed by atoms with Crippen molar-refractivity contribution in [3.63, 3.8) is 0 Å². The van der Waals surface area contributed by atoms with E-state index in [0.29, 0.717) is 0 Å². The van der Waals surface area contributed by atoms with Gasteiger partial charge < -0.3 is 9.80 Å². The van der Waals surface area contributed by atoms with Gasteiger partial charge in [-0.1, -0.05) is 114 Å². The standard InChI is InChI=1S/C50H46N4S/c1-49(2,3)39-21-30-44(31-22-39)53(45-32-23-40(24-33-45)50(4,5)6)42-25-17-36(18-26-42)47-51-48(55-52-47)37-19-27-43(28-20-37)54(41-14-8-7-9-15-41)46-29-16-35-12-10-11-13-38(35)34-46/h7-34H,1-6H3. The molecule has 0 N–H and O–H groups in total. The van der Waals surface area contributed by atoms with Crippen molar-refractivity contribution < 1.29 is 0 Å². The summed E-state index contributed by atoms with van der Waals surface area (Å²) in [5, 5.41) is 3.33. The van der Waals surface area contributed by atoms with Crippen LogP contribution in [0.3, 0.4) is 0 Å². The fourth-order valence-electron chi connectivity index (χ4n) is 6.98. The monoisotopic (exact) mass is 734 g/mol. The molecule has 7 aromatic carbocycles. The summed E-state index contributed by atoms with van der Waals surface area (Å²) in [5.74, 6) is 0.730. The van der Waals surface area contributed by atoms with E-state index in [9.17, 15) is 0 Å². The lowest BCUT2D eigenvalue weighted by molar-refractivity contribution is 0.590. The Bertz CT molecular complexity index is 2470. The summed E-state index contributed by atoms with van der Waals surface area (Å²) >= 11 is 1.43. The van der Waals surface area contributed by atoms with Gasteiger partial charge in [0.2, 0.25) is 0 Å². The molecule has 0 spiro atoms. The van der Waals surface area contributed by atoms with Gasteiger partial charge in [-0.05, 0) is 141 Å². The van der Waals surface area contributed by atoms with Crippen LogP contribution in [0.2, 0.25) is 0 Å². The lowest BCUT2D eigenvalue weighted by Crippen LogP contribution is -2.14. The van der Waals surface area contributed by atoms with Crippen molar-refractivity contribution in [1.29, 1.82) is 0 Å². The van der Waals surface area contributed by atoms with E-state index in [4.69, 9.17) is 9.36 Å². The van der Waals surface area contributed by atoms with Gasteiger partial charge in [-0.25, -0.2) is 4.98 Å². The third-order valence-corrected chi connectivity index (χ3v) is 10.9. The Kier molecular flexibility index (Phi) is 9.58. The molecule has 55 heavy (non-hydrogen) atoms. The van der Waals surface area contributed by atoms with Crippen LogP contribution in [0.25, 0.3) is 32.7 Å². The van der Waals surface area contributed by atoms with Crippen LogP contribution >= 0.6 is 11.5 Å². The van der Waals surface area contributed by atoms with Crippen molar-refractivity contribution in [3.8, 4) is 22.0 Å². The van der Waals surface area contributed by atoms with E-state index in [1.54, 1.807) is 0 Å². The fourth-order valence-corrected chi connectivity index (χ4v) is 7.67. The fraction of sp³-hybridized carbons (Fsp3) is 0.160. The Morgan fingerprint density at radius 1 is 0.400 bits per heavy atom. The SMILES string of the molecule is CC(C)(C)c1ccc(N(c2ccc(-c3nsc(-c4ccc(N(c5ccccc5)c5ccc6ccccc6c5)cc4)n3)cc2)c2ccc(C(C)(C)C)cc2)cc1. The molecule has 0 aliphatic rings. The number of hydrogen-bond donors (Lipinski definition) is 0. The van der Waals surface area contributed by atoms with Gasteiger partial charge in [0.1, 0.15) is 5.01 Å². The minimum atomic E-state index is 0.0845. The molecule has 1 aromatic heterocycles. The van der Waals surface area contributed by atoms with Crippen LogP contribution in [0.1, 0.15) is 52.7 Å².